The molecule has 0 aliphatic carbocycles. The van der Waals surface area contributed by atoms with Gasteiger partial charge in [0.2, 0.25) is 10.0 Å². The van der Waals surface area contributed by atoms with Crippen molar-refractivity contribution in [3.63, 3.8) is 0 Å². The summed E-state index contributed by atoms with van der Waals surface area (Å²) in [6.45, 7) is 7.95. The summed E-state index contributed by atoms with van der Waals surface area (Å²) in [5, 5.41) is 0. The first-order chi connectivity index (χ1) is 13.9. The van der Waals surface area contributed by atoms with E-state index in [4.69, 9.17) is 4.74 Å². The molecule has 0 radical (unpaired) electrons. The van der Waals surface area contributed by atoms with Gasteiger partial charge in [0.1, 0.15) is 0 Å². The maximum atomic E-state index is 12.4. The Bertz CT molecular complexity index is 884. The van der Waals surface area contributed by atoms with Crippen molar-refractivity contribution in [1.29, 1.82) is 0 Å². The van der Waals surface area contributed by atoms with Crippen molar-refractivity contribution in [2.24, 2.45) is 0 Å². The van der Waals surface area contributed by atoms with E-state index in [1.54, 1.807) is 0 Å². The van der Waals surface area contributed by atoms with E-state index in [0.717, 1.165) is 55.8 Å². The van der Waals surface area contributed by atoms with Crippen LogP contribution in [0.5, 0.6) is 0 Å². The lowest BCUT2D eigenvalue weighted by molar-refractivity contribution is -0.0303. The van der Waals surface area contributed by atoms with Gasteiger partial charge in [0.05, 0.1) is 18.5 Å². The number of sulfonamides is 1. The minimum absolute atomic E-state index is 0.0444. The standard InChI is InChI=1S/C23H32N2O3S/c1-19-10-11-20(2)22(16-19)18-29(26,27)24-12-6-7-13-25-14-15-28-23(17-25)21-8-4-3-5-9-21/h3-5,8-11,16,23-24H,6-7,12-15,17-18H2,1-2H3. The molecule has 1 atom stereocenters. The van der Waals surface area contributed by atoms with Crippen LogP contribution in [-0.2, 0) is 20.5 Å². The molecule has 2 aromatic carbocycles. The number of aryl methyl sites for hydroxylation is 2. The number of nitrogens with one attached hydrogen (secondary N) is 1. The van der Waals surface area contributed by atoms with Gasteiger partial charge in [-0.15, -0.1) is 0 Å². The molecule has 2 aromatic rings. The average molecular weight is 417 g/mol. The maximum Gasteiger partial charge on any atom is 0.215 e. The Morgan fingerprint density at radius 1 is 1.10 bits per heavy atom. The number of nitrogens with zero attached hydrogens (tertiary/aromatic N) is 1. The quantitative estimate of drug-likeness (QED) is 0.635. The number of benzene rings is 2. The Morgan fingerprint density at radius 2 is 1.90 bits per heavy atom. The molecule has 1 saturated heterocycles. The molecule has 29 heavy (non-hydrogen) atoms. The van der Waals surface area contributed by atoms with Gasteiger partial charge in [0.15, 0.2) is 0 Å². The molecule has 0 amide bonds. The van der Waals surface area contributed by atoms with Crippen LogP contribution in [0.3, 0.4) is 0 Å². The number of ether oxygens (including phenoxy) is 1. The Labute approximate surface area is 175 Å². The molecule has 5 nitrogen and oxygen atoms in total. The number of hydrogen-bond donors (Lipinski definition) is 1. The Morgan fingerprint density at radius 3 is 2.69 bits per heavy atom. The average Bonchev–Trinajstić information content (AvgIpc) is 2.71. The molecule has 0 aromatic heterocycles. The third-order valence-electron chi connectivity index (χ3n) is 5.40. The summed E-state index contributed by atoms with van der Waals surface area (Å²) in [6.07, 6.45) is 1.92. The van der Waals surface area contributed by atoms with Gasteiger partial charge >= 0.3 is 0 Å². The second-order valence-corrected chi connectivity index (χ2v) is 9.67. The molecule has 1 unspecified atom stereocenters. The van der Waals surface area contributed by atoms with Crippen LogP contribution in [0.1, 0.15) is 41.2 Å². The highest BCUT2D eigenvalue weighted by atomic mass is 32.2. The predicted octanol–water partition coefficient (Wildman–Crippen LogP) is 3.58. The summed E-state index contributed by atoms with van der Waals surface area (Å²) in [5.41, 5.74) is 4.19. The van der Waals surface area contributed by atoms with Gasteiger partial charge in [0.25, 0.3) is 0 Å². The predicted molar refractivity (Wildman–Crippen MR) is 117 cm³/mol. The smallest absolute Gasteiger partial charge is 0.215 e. The summed E-state index contributed by atoms with van der Waals surface area (Å²) >= 11 is 0. The first-order valence-corrected chi connectivity index (χ1v) is 12.0. The van der Waals surface area contributed by atoms with Crippen LogP contribution in [0.4, 0.5) is 0 Å². The van der Waals surface area contributed by atoms with Crippen LogP contribution >= 0.6 is 0 Å². The number of morpholine rings is 1. The van der Waals surface area contributed by atoms with Crippen LogP contribution in [0, 0.1) is 13.8 Å². The summed E-state index contributed by atoms with van der Waals surface area (Å²) in [7, 11) is -3.31. The van der Waals surface area contributed by atoms with Gasteiger partial charge in [-0.25, -0.2) is 13.1 Å². The molecule has 6 heteroatoms. The fraction of sp³-hybridized carbons (Fsp3) is 0.478. The largest absolute Gasteiger partial charge is 0.371 e. The highest BCUT2D eigenvalue weighted by molar-refractivity contribution is 7.88. The topological polar surface area (TPSA) is 58.6 Å². The Hall–Kier alpha value is -1.73. The lowest BCUT2D eigenvalue weighted by Crippen LogP contribution is -2.39. The number of rotatable bonds is 9. The normalized spacial score (nSPS) is 18.1. The van der Waals surface area contributed by atoms with Gasteiger partial charge < -0.3 is 4.74 Å². The maximum absolute atomic E-state index is 12.4. The lowest BCUT2D eigenvalue weighted by atomic mass is 10.1. The third-order valence-corrected chi connectivity index (χ3v) is 6.73. The molecule has 1 fully saturated rings. The molecule has 1 aliphatic heterocycles. The molecule has 3 rings (SSSR count). The molecular formula is C23H32N2O3S. The molecule has 1 aliphatic rings. The fourth-order valence-corrected chi connectivity index (χ4v) is 4.95. The van der Waals surface area contributed by atoms with E-state index in [1.807, 2.05) is 50.2 Å². The van der Waals surface area contributed by atoms with Crippen LogP contribution < -0.4 is 4.72 Å². The van der Waals surface area contributed by atoms with E-state index in [-0.39, 0.29) is 11.9 Å². The fourth-order valence-electron chi connectivity index (χ4n) is 3.67. The monoisotopic (exact) mass is 416 g/mol. The van der Waals surface area contributed by atoms with Gasteiger partial charge in [0, 0.05) is 19.6 Å². The van der Waals surface area contributed by atoms with E-state index < -0.39 is 10.0 Å². The number of unbranched alkanes of at least 4 members (excludes halogenated alkanes) is 1. The second-order valence-electron chi connectivity index (χ2n) is 7.86. The first-order valence-electron chi connectivity index (χ1n) is 10.4. The van der Waals surface area contributed by atoms with E-state index in [0.29, 0.717) is 6.54 Å². The summed E-state index contributed by atoms with van der Waals surface area (Å²) < 4.78 is 33.4. The van der Waals surface area contributed by atoms with Crippen molar-refractivity contribution in [1.82, 2.24) is 9.62 Å². The summed E-state index contributed by atoms with van der Waals surface area (Å²) in [5.74, 6) is 0.0444. The van der Waals surface area contributed by atoms with Crippen LogP contribution in [0.2, 0.25) is 0 Å². The zero-order valence-electron chi connectivity index (χ0n) is 17.4. The van der Waals surface area contributed by atoms with Crippen molar-refractivity contribution < 1.29 is 13.2 Å². The SMILES string of the molecule is Cc1ccc(C)c(CS(=O)(=O)NCCCCN2CCOC(c3ccccc3)C2)c1. The van der Waals surface area contributed by atoms with Crippen LogP contribution in [0.25, 0.3) is 0 Å². The molecule has 158 valence electrons. The van der Waals surface area contributed by atoms with Gasteiger partial charge in [-0.3, -0.25) is 4.90 Å². The van der Waals surface area contributed by atoms with Crippen molar-refractivity contribution >= 4 is 10.0 Å². The zero-order valence-corrected chi connectivity index (χ0v) is 18.2. The summed E-state index contributed by atoms with van der Waals surface area (Å²) in [6, 6.07) is 16.3. The Kier molecular flexibility index (Phi) is 7.84. The molecule has 0 spiro atoms. The minimum atomic E-state index is -3.31. The molecule has 1 N–H and O–H groups in total. The molecule has 1 heterocycles. The highest BCUT2D eigenvalue weighted by Gasteiger charge is 2.21. The van der Waals surface area contributed by atoms with Crippen LogP contribution in [-0.4, -0.2) is 46.1 Å². The van der Waals surface area contributed by atoms with Crippen molar-refractivity contribution in [2.45, 2.75) is 38.5 Å². The van der Waals surface area contributed by atoms with E-state index in [9.17, 15) is 8.42 Å². The zero-order chi connectivity index (χ0) is 20.7. The van der Waals surface area contributed by atoms with Gasteiger partial charge in [-0.1, -0.05) is 54.1 Å². The van der Waals surface area contributed by atoms with Crippen molar-refractivity contribution in [2.75, 3.05) is 32.8 Å². The first kappa shape index (κ1) is 22.0. The lowest BCUT2D eigenvalue weighted by Gasteiger charge is -2.33. The summed E-state index contributed by atoms with van der Waals surface area (Å²) in [4.78, 5) is 2.41. The van der Waals surface area contributed by atoms with Gasteiger partial charge in [-0.2, -0.15) is 0 Å². The molecular weight excluding hydrogens is 384 g/mol. The molecule has 0 saturated carbocycles. The number of hydrogen-bond acceptors (Lipinski definition) is 4. The second kappa shape index (κ2) is 10.3. The molecule has 0 bridgehead atoms. The third kappa shape index (κ3) is 6.93. The van der Waals surface area contributed by atoms with Crippen LogP contribution in [0.15, 0.2) is 48.5 Å². The Balaban J connectivity index is 1.38. The van der Waals surface area contributed by atoms with Crippen molar-refractivity contribution in [3.05, 3.63) is 70.8 Å². The van der Waals surface area contributed by atoms with E-state index >= 15 is 0 Å². The van der Waals surface area contributed by atoms with E-state index in [1.165, 1.54) is 5.56 Å². The van der Waals surface area contributed by atoms with E-state index in [2.05, 4.69) is 21.8 Å². The highest BCUT2D eigenvalue weighted by Crippen LogP contribution is 2.22. The van der Waals surface area contributed by atoms with Gasteiger partial charge in [-0.05, 0) is 49.9 Å². The van der Waals surface area contributed by atoms with Crippen molar-refractivity contribution in [3.8, 4) is 0 Å². The minimum Gasteiger partial charge on any atom is -0.371 e.